The van der Waals surface area contributed by atoms with Crippen LogP contribution in [-0.2, 0) is 28.2 Å². The maximum Gasteiger partial charge on any atom is 0.421 e. The van der Waals surface area contributed by atoms with Crippen molar-refractivity contribution in [2.75, 3.05) is 32.8 Å². The van der Waals surface area contributed by atoms with Gasteiger partial charge in [-0.3, -0.25) is 19.6 Å². The van der Waals surface area contributed by atoms with E-state index in [1.165, 1.54) is 12.1 Å². The highest BCUT2D eigenvalue weighted by Gasteiger charge is 2.51. The first-order chi connectivity index (χ1) is 19.0. The number of halogens is 3. The third-order valence-corrected chi connectivity index (χ3v) is 7.33. The fourth-order valence-electron chi connectivity index (χ4n) is 4.94. The minimum atomic E-state index is -4.78. The molecular weight excluding hydrogens is 523 g/mol. The summed E-state index contributed by atoms with van der Waals surface area (Å²) in [6, 6.07) is 15.0. The second kappa shape index (κ2) is 12.5. The van der Waals surface area contributed by atoms with Gasteiger partial charge in [0.2, 0.25) is 0 Å². The molecule has 2 N–H and O–H groups in total. The zero-order valence-electron chi connectivity index (χ0n) is 22.6. The van der Waals surface area contributed by atoms with Crippen molar-refractivity contribution in [3.05, 3.63) is 89.2 Å². The Hall–Kier alpha value is -3.31. The van der Waals surface area contributed by atoms with Gasteiger partial charge in [-0.05, 0) is 59.4 Å². The van der Waals surface area contributed by atoms with Gasteiger partial charge in [-0.25, -0.2) is 0 Å². The number of aliphatic hydroxyl groups excluding tert-OH is 1. The molecule has 0 aliphatic carbocycles. The third-order valence-electron chi connectivity index (χ3n) is 7.33. The van der Waals surface area contributed by atoms with Crippen LogP contribution in [0.15, 0.2) is 67.0 Å². The van der Waals surface area contributed by atoms with Crippen molar-refractivity contribution < 1.29 is 32.9 Å². The molecule has 3 aromatic rings. The second-order valence-electron chi connectivity index (χ2n) is 10.3. The van der Waals surface area contributed by atoms with Crippen LogP contribution < -0.4 is 0 Å². The highest BCUT2D eigenvalue weighted by Crippen LogP contribution is 2.39. The first-order valence-corrected chi connectivity index (χ1v) is 13.1. The summed E-state index contributed by atoms with van der Waals surface area (Å²) in [7, 11) is 0. The Morgan fingerprint density at radius 1 is 1.02 bits per heavy atom. The normalized spacial score (nSPS) is 18.3. The number of nitrogens with zero attached hydrogens (tertiary/aromatic N) is 3. The van der Waals surface area contributed by atoms with Crippen molar-refractivity contribution in [3.63, 3.8) is 0 Å². The van der Waals surface area contributed by atoms with E-state index in [1.807, 2.05) is 37.3 Å². The lowest BCUT2D eigenvalue weighted by Crippen LogP contribution is -2.56. The standard InChI is InChI=1S/C30H34F3N3O4/c1-21-17-23(3-8-26(21)24-4-6-25(7-5-24)29(2,39)30(31,32)33)19-36-14-13-35(18-22-9-11-34-12-10-22)20-27(36)28(38)40-16-15-37/h3-12,17,27,37,39H,13-16,18-20H2,1-2H3/t27-,29?/m1/s1. The number of hydrogen-bond donors (Lipinski definition) is 2. The number of hydrogen-bond acceptors (Lipinski definition) is 7. The highest BCUT2D eigenvalue weighted by atomic mass is 19.4. The molecule has 7 nitrogen and oxygen atoms in total. The van der Waals surface area contributed by atoms with Gasteiger partial charge in [0, 0.05) is 45.1 Å². The molecule has 40 heavy (non-hydrogen) atoms. The molecule has 0 radical (unpaired) electrons. The van der Waals surface area contributed by atoms with Crippen LogP contribution in [0.3, 0.4) is 0 Å². The molecule has 10 heteroatoms. The lowest BCUT2D eigenvalue weighted by Gasteiger charge is -2.40. The Balaban J connectivity index is 1.48. The minimum Gasteiger partial charge on any atom is -0.462 e. The summed E-state index contributed by atoms with van der Waals surface area (Å²) in [4.78, 5) is 21.2. The van der Waals surface area contributed by atoms with Crippen LogP contribution >= 0.6 is 0 Å². The predicted molar refractivity (Wildman–Crippen MR) is 144 cm³/mol. The number of alkyl halides is 3. The molecule has 0 bridgehead atoms. The number of piperazine rings is 1. The summed E-state index contributed by atoms with van der Waals surface area (Å²) < 4.78 is 44.9. The van der Waals surface area contributed by atoms with Crippen LogP contribution in [-0.4, -0.2) is 76.0 Å². The van der Waals surface area contributed by atoms with E-state index in [2.05, 4.69) is 14.8 Å². The molecule has 0 spiro atoms. The van der Waals surface area contributed by atoms with Crippen LogP contribution in [0.1, 0.15) is 29.2 Å². The van der Waals surface area contributed by atoms with Gasteiger partial charge >= 0.3 is 12.1 Å². The molecule has 4 rings (SSSR count). The first kappa shape index (κ1) is 29.7. The Morgan fingerprint density at radius 3 is 2.35 bits per heavy atom. The zero-order valence-corrected chi connectivity index (χ0v) is 22.6. The van der Waals surface area contributed by atoms with E-state index in [4.69, 9.17) is 9.84 Å². The lowest BCUT2D eigenvalue weighted by molar-refractivity contribution is -0.258. The fraction of sp³-hybridized carbons (Fsp3) is 0.400. The summed E-state index contributed by atoms with van der Waals surface area (Å²) in [5.74, 6) is -0.378. The summed E-state index contributed by atoms with van der Waals surface area (Å²) in [6.07, 6.45) is -1.30. The zero-order chi connectivity index (χ0) is 28.9. The highest BCUT2D eigenvalue weighted by molar-refractivity contribution is 5.76. The van der Waals surface area contributed by atoms with Gasteiger partial charge in [-0.1, -0.05) is 42.5 Å². The minimum absolute atomic E-state index is 0.0570. The molecule has 1 saturated heterocycles. The predicted octanol–water partition coefficient (Wildman–Crippen LogP) is 4.05. The van der Waals surface area contributed by atoms with Crippen molar-refractivity contribution in [2.45, 2.75) is 44.8 Å². The van der Waals surface area contributed by atoms with Crippen molar-refractivity contribution in [3.8, 4) is 11.1 Å². The number of carbonyl (C=O) groups is 1. The van der Waals surface area contributed by atoms with E-state index in [9.17, 15) is 23.1 Å². The molecule has 1 aliphatic heterocycles. The number of benzene rings is 2. The molecule has 2 aromatic carbocycles. The number of aromatic nitrogens is 1. The monoisotopic (exact) mass is 557 g/mol. The SMILES string of the molecule is Cc1cc(CN2CCN(Cc3ccncc3)C[C@@H]2C(=O)OCCO)ccc1-c1ccc(C(C)(O)C(F)(F)F)cc1. The van der Waals surface area contributed by atoms with Crippen molar-refractivity contribution in [1.29, 1.82) is 0 Å². The molecule has 1 aliphatic rings. The fourth-order valence-corrected chi connectivity index (χ4v) is 4.94. The van der Waals surface area contributed by atoms with Crippen LogP contribution in [0, 0.1) is 6.92 Å². The van der Waals surface area contributed by atoms with Gasteiger partial charge in [0.05, 0.1) is 6.61 Å². The number of aliphatic hydroxyl groups is 2. The summed E-state index contributed by atoms with van der Waals surface area (Å²) in [6.45, 7) is 5.46. The first-order valence-electron chi connectivity index (χ1n) is 13.1. The van der Waals surface area contributed by atoms with E-state index in [1.54, 1.807) is 24.5 Å². The van der Waals surface area contributed by atoms with Crippen LogP contribution in [0.5, 0.6) is 0 Å². The summed E-state index contributed by atoms with van der Waals surface area (Å²) in [5, 5.41) is 19.1. The second-order valence-corrected chi connectivity index (χ2v) is 10.3. The Labute approximate surface area is 231 Å². The molecule has 1 fully saturated rings. The maximum atomic E-state index is 13.2. The molecular formula is C30H34F3N3O4. The Morgan fingerprint density at radius 2 is 1.73 bits per heavy atom. The van der Waals surface area contributed by atoms with Crippen LogP contribution in [0.4, 0.5) is 13.2 Å². The van der Waals surface area contributed by atoms with Gasteiger partial charge in [0.25, 0.3) is 0 Å². The molecule has 2 heterocycles. The summed E-state index contributed by atoms with van der Waals surface area (Å²) in [5.41, 5.74) is 1.47. The van der Waals surface area contributed by atoms with Crippen LogP contribution in [0.25, 0.3) is 11.1 Å². The van der Waals surface area contributed by atoms with Crippen molar-refractivity contribution in [2.24, 2.45) is 0 Å². The number of pyridine rings is 1. The molecule has 0 amide bonds. The summed E-state index contributed by atoms with van der Waals surface area (Å²) >= 11 is 0. The number of esters is 1. The molecule has 2 atom stereocenters. The van der Waals surface area contributed by atoms with Gasteiger partial charge < -0.3 is 14.9 Å². The van der Waals surface area contributed by atoms with Crippen molar-refractivity contribution in [1.82, 2.24) is 14.8 Å². The van der Waals surface area contributed by atoms with Crippen LogP contribution in [0.2, 0.25) is 0 Å². The van der Waals surface area contributed by atoms with Gasteiger partial charge in [0.15, 0.2) is 5.60 Å². The molecule has 1 aromatic heterocycles. The van der Waals surface area contributed by atoms with E-state index in [-0.39, 0.29) is 24.7 Å². The van der Waals surface area contributed by atoms with Gasteiger partial charge in [-0.15, -0.1) is 0 Å². The van der Waals surface area contributed by atoms with Gasteiger partial charge in [-0.2, -0.15) is 13.2 Å². The lowest BCUT2D eigenvalue weighted by atomic mass is 9.92. The Kier molecular flexibility index (Phi) is 9.25. The van der Waals surface area contributed by atoms with E-state index in [0.717, 1.165) is 41.3 Å². The number of aryl methyl sites for hydroxylation is 1. The van der Waals surface area contributed by atoms with Gasteiger partial charge in [0.1, 0.15) is 12.6 Å². The molecule has 1 unspecified atom stereocenters. The number of carbonyl (C=O) groups excluding carboxylic acids is 1. The average Bonchev–Trinajstić information content (AvgIpc) is 2.92. The Bertz CT molecular complexity index is 1280. The number of ether oxygens (including phenoxy) is 1. The topological polar surface area (TPSA) is 86.1 Å². The molecule has 214 valence electrons. The number of rotatable bonds is 9. The average molecular weight is 558 g/mol. The quantitative estimate of drug-likeness (QED) is 0.384. The largest absolute Gasteiger partial charge is 0.462 e. The smallest absolute Gasteiger partial charge is 0.421 e. The van der Waals surface area contributed by atoms with E-state index in [0.29, 0.717) is 26.2 Å². The van der Waals surface area contributed by atoms with E-state index >= 15 is 0 Å². The van der Waals surface area contributed by atoms with Crippen molar-refractivity contribution >= 4 is 5.97 Å². The van der Waals surface area contributed by atoms with E-state index < -0.39 is 17.8 Å². The third kappa shape index (κ3) is 6.87. The maximum absolute atomic E-state index is 13.2. The molecule has 0 saturated carbocycles.